The molecule has 0 aromatic rings. The maximum atomic E-state index is 12.8. The Morgan fingerprint density at radius 3 is 0.588 bits per heavy atom. The Morgan fingerprint density at radius 1 is 0.237 bits per heavy atom. The molecule has 0 radical (unpaired) electrons. The predicted octanol–water partition coefficient (Wildman–Crippen LogP) is 20.8. The van der Waals surface area contributed by atoms with E-state index in [4.69, 9.17) is 29.2 Å². The van der Waals surface area contributed by atoms with Gasteiger partial charge in [-0.2, -0.15) is 0 Å². The van der Waals surface area contributed by atoms with E-state index < -0.39 is 12.2 Å². The summed E-state index contributed by atoms with van der Waals surface area (Å²) in [4.78, 5) is 49.3. The van der Waals surface area contributed by atoms with E-state index in [0.717, 1.165) is 70.6 Å². The zero-order chi connectivity index (χ0) is 58.7. The third-order valence-corrected chi connectivity index (χ3v) is 15.8. The summed E-state index contributed by atoms with van der Waals surface area (Å²) in [6.07, 6.45) is 65.5. The van der Waals surface area contributed by atoms with Crippen molar-refractivity contribution in [2.24, 2.45) is 0 Å². The largest absolute Gasteiger partial charge is 0.462 e. The lowest BCUT2D eigenvalue weighted by Crippen LogP contribution is -2.30. The van der Waals surface area contributed by atoms with Crippen molar-refractivity contribution in [1.82, 2.24) is 0 Å². The van der Waals surface area contributed by atoms with Gasteiger partial charge in [-0.15, -0.1) is 0 Å². The van der Waals surface area contributed by atoms with Gasteiger partial charge in [-0.05, 0) is 25.7 Å². The van der Waals surface area contributed by atoms with Crippen LogP contribution < -0.4 is 0 Å². The van der Waals surface area contributed by atoms with E-state index >= 15 is 0 Å². The van der Waals surface area contributed by atoms with Gasteiger partial charge in [-0.3, -0.25) is 19.2 Å². The maximum Gasteiger partial charge on any atom is 0.306 e. The third kappa shape index (κ3) is 66.6. The number of rotatable bonds is 64. The van der Waals surface area contributed by atoms with Gasteiger partial charge < -0.3 is 29.2 Å². The lowest BCUT2D eigenvalue weighted by atomic mass is 10.0. The van der Waals surface area contributed by atoms with E-state index in [-0.39, 0.29) is 50.3 Å². The summed E-state index contributed by atoms with van der Waals surface area (Å²) in [6, 6.07) is 0. The van der Waals surface area contributed by atoms with Gasteiger partial charge in [-0.25, -0.2) is 0 Å². The van der Waals surface area contributed by atoms with Crippen LogP contribution in [-0.4, -0.2) is 72.7 Å². The molecule has 0 aromatic carbocycles. The van der Waals surface area contributed by atoms with Crippen molar-refractivity contribution in [2.75, 3.05) is 26.4 Å². The Balaban J connectivity index is 0. The fourth-order valence-corrected chi connectivity index (χ4v) is 10.4. The summed E-state index contributed by atoms with van der Waals surface area (Å²) < 4.78 is 21.7. The van der Waals surface area contributed by atoms with Crippen molar-refractivity contribution >= 4 is 23.9 Å². The first kappa shape index (κ1) is 79.9. The van der Waals surface area contributed by atoms with E-state index in [9.17, 15) is 19.2 Å². The first-order valence-electron chi connectivity index (χ1n) is 35.2. The Labute approximate surface area is 496 Å². The lowest BCUT2D eigenvalue weighted by molar-refractivity contribution is -0.167. The summed E-state index contributed by atoms with van der Waals surface area (Å²) >= 11 is 0. The van der Waals surface area contributed by atoms with Crippen LogP contribution in [0.1, 0.15) is 387 Å². The number of esters is 4. The second kappa shape index (κ2) is 69.3. The van der Waals surface area contributed by atoms with Crippen molar-refractivity contribution in [3.63, 3.8) is 0 Å². The molecular weight excluding hydrogens is 1000 g/mol. The molecule has 0 heterocycles. The minimum Gasteiger partial charge on any atom is -0.462 e. The Kier molecular flexibility index (Phi) is 69.2. The smallest absolute Gasteiger partial charge is 0.306 e. The summed E-state index contributed by atoms with van der Waals surface area (Å²) in [5.41, 5.74) is 0. The van der Waals surface area contributed by atoms with Crippen molar-refractivity contribution in [3.8, 4) is 0 Å². The fourth-order valence-electron chi connectivity index (χ4n) is 10.4. The number of carbonyl (C=O) groups excluding carboxylic acids is 4. The zero-order valence-electron chi connectivity index (χ0n) is 53.7. The van der Waals surface area contributed by atoms with Crippen molar-refractivity contribution in [1.29, 1.82) is 0 Å². The number of unbranched alkanes of at least 4 members (excludes halogenated alkanes) is 48. The molecule has 10 nitrogen and oxygen atoms in total. The molecule has 0 aliphatic heterocycles. The van der Waals surface area contributed by atoms with Crippen molar-refractivity contribution in [2.45, 2.75) is 399 Å². The van der Waals surface area contributed by atoms with E-state index in [1.54, 1.807) is 0 Å². The van der Waals surface area contributed by atoms with Gasteiger partial charge in [0.15, 0.2) is 6.10 Å². The molecule has 80 heavy (non-hydrogen) atoms. The monoisotopic (exact) mass is 1140 g/mol. The van der Waals surface area contributed by atoms with Crippen LogP contribution in [0.15, 0.2) is 0 Å². The van der Waals surface area contributed by atoms with Crippen LogP contribution in [0.4, 0.5) is 0 Å². The van der Waals surface area contributed by atoms with E-state index in [1.807, 2.05) is 0 Å². The van der Waals surface area contributed by atoms with Crippen LogP contribution in [0.25, 0.3) is 0 Å². The Morgan fingerprint density at radius 2 is 0.400 bits per heavy atom. The standard InChI is InChI=1S/C51H98O6.C19H38O4/c1-4-7-10-13-16-19-22-25-28-31-34-37-40-43-49(52)55-46-48(57-51(54)45-42-39-36-33-30-27-24-21-18-15-12-9-6-3)47-56-50(53)44-41-38-35-32-29-26-23-20-17-14-11-8-5-2;1-2-3-4-5-6-7-8-9-10-11-12-13-14-15-19(22)23-18(16-20)17-21/h48H,4-47H2,1-3H3;18,20-21H,2-17H2,1H3. The average Bonchev–Trinajstić information content (AvgIpc) is 3.46. The first-order chi connectivity index (χ1) is 39.3. The van der Waals surface area contributed by atoms with Crippen LogP contribution in [0.3, 0.4) is 0 Å². The quantitative estimate of drug-likeness (QED) is 0.0343. The number of ether oxygens (including phenoxy) is 4. The number of hydrogen-bond donors (Lipinski definition) is 2. The highest BCUT2D eigenvalue weighted by Gasteiger charge is 2.20. The molecule has 476 valence electrons. The molecule has 0 saturated heterocycles. The molecule has 0 bridgehead atoms. The van der Waals surface area contributed by atoms with Crippen LogP contribution in [0.2, 0.25) is 0 Å². The van der Waals surface area contributed by atoms with Crippen molar-refractivity contribution < 1.29 is 48.3 Å². The molecule has 0 atom stereocenters. The van der Waals surface area contributed by atoms with Gasteiger partial charge in [0.1, 0.15) is 19.3 Å². The van der Waals surface area contributed by atoms with E-state index in [1.165, 1.54) is 263 Å². The SMILES string of the molecule is CCCCCCCCCCCCCCCC(=O)OC(CO)CO.CCCCCCCCCCCCCCCC(=O)OCC(COC(=O)CCCCCCCCCCCCCCC)OC(=O)CCCCCCCCCCCCCCC. The van der Waals surface area contributed by atoms with Gasteiger partial charge >= 0.3 is 23.9 Å². The van der Waals surface area contributed by atoms with Gasteiger partial charge in [-0.1, -0.05) is 336 Å². The molecule has 0 fully saturated rings. The number of aliphatic hydroxyl groups excluding tert-OH is 2. The molecule has 2 N–H and O–H groups in total. The topological polar surface area (TPSA) is 146 Å². The van der Waals surface area contributed by atoms with E-state index in [2.05, 4.69) is 27.7 Å². The number of carbonyl (C=O) groups is 4. The van der Waals surface area contributed by atoms with Gasteiger partial charge in [0, 0.05) is 25.7 Å². The summed E-state index contributed by atoms with van der Waals surface area (Å²) in [7, 11) is 0. The summed E-state index contributed by atoms with van der Waals surface area (Å²) in [6.45, 7) is 8.29. The fraction of sp³-hybridized carbons (Fsp3) is 0.943. The highest BCUT2D eigenvalue weighted by Crippen LogP contribution is 2.18. The lowest BCUT2D eigenvalue weighted by Gasteiger charge is -2.18. The second-order valence-electron chi connectivity index (χ2n) is 23.9. The zero-order valence-corrected chi connectivity index (χ0v) is 53.7. The third-order valence-electron chi connectivity index (χ3n) is 15.8. The molecule has 10 heteroatoms. The van der Waals surface area contributed by atoms with Gasteiger partial charge in [0.25, 0.3) is 0 Å². The molecule has 0 amide bonds. The van der Waals surface area contributed by atoms with Crippen LogP contribution in [-0.2, 0) is 38.1 Å². The Bertz CT molecular complexity index is 1210. The van der Waals surface area contributed by atoms with Gasteiger partial charge in [0.2, 0.25) is 0 Å². The number of hydrogen-bond acceptors (Lipinski definition) is 10. The normalized spacial score (nSPS) is 11.3. The molecule has 0 aromatic heterocycles. The second-order valence-corrected chi connectivity index (χ2v) is 23.9. The molecule has 0 spiro atoms. The Hall–Kier alpha value is -2.20. The highest BCUT2D eigenvalue weighted by molar-refractivity contribution is 5.71. The minimum atomic E-state index is -0.760. The molecule has 0 aliphatic rings. The van der Waals surface area contributed by atoms with Crippen LogP contribution in [0, 0.1) is 0 Å². The van der Waals surface area contributed by atoms with Crippen molar-refractivity contribution in [3.05, 3.63) is 0 Å². The molecule has 0 saturated carbocycles. The molecule has 0 rings (SSSR count). The summed E-state index contributed by atoms with van der Waals surface area (Å²) in [5.74, 6) is -1.16. The number of aliphatic hydroxyl groups is 2. The van der Waals surface area contributed by atoms with E-state index in [0.29, 0.717) is 25.7 Å². The molecule has 0 unspecified atom stereocenters. The molecular formula is C70H136O10. The maximum absolute atomic E-state index is 12.8. The average molecular weight is 1140 g/mol. The molecule has 0 aliphatic carbocycles. The van der Waals surface area contributed by atoms with Crippen LogP contribution >= 0.6 is 0 Å². The summed E-state index contributed by atoms with van der Waals surface area (Å²) in [5, 5.41) is 17.6. The predicted molar refractivity (Wildman–Crippen MR) is 337 cm³/mol. The van der Waals surface area contributed by atoms with Gasteiger partial charge in [0.05, 0.1) is 13.2 Å². The van der Waals surface area contributed by atoms with Crippen LogP contribution in [0.5, 0.6) is 0 Å². The highest BCUT2D eigenvalue weighted by atomic mass is 16.6. The minimum absolute atomic E-state index is 0.0619. The first-order valence-corrected chi connectivity index (χ1v) is 35.2.